The molecular formula is C12H16N2O5. The van der Waals surface area contributed by atoms with Crippen LogP contribution in [0.3, 0.4) is 0 Å². The number of carbonyl (C=O) groups is 1. The summed E-state index contributed by atoms with van der Waals surface area (Å²) >= 11 is 0. The van der Waals surface area contributed by atoms with Crippen LogP contribution in [0, 0.1) is 24.0 Å². The van der Waals surface area contributed by atoms with Crippen molar-refractivity contribution in [2.45, 2.75) is 26.3 Å². The molecule has 0 amide bonds. The van der Waals surface area contributed by atoms with Crippen molar-refractivity contribution in [2.75, 3.05) is 6.61 Å². The third-order valence-electron chi connectivity index (χ3n) is 2.60. The maximum atomic E-state index is 11.0. The van der Waals surface area contributed by atoms with Crippen molar-refractivity contribution in [2.24, 2.45) is 5.73 Å². The minimum atomic E-state index is -1.61. The fourth-order valence-electron chi connectivity index (χ4n) is 1.54. The Labute approximate surface area is 110 Å². The molecule has 1 rings (SSSR count). The average Bonchev–Trinajstić information content (AvgIpc) is 2.26. The zero-order valence-corrected chi connectivity index (χ0v) is 11.0. The molecule has 104 valence electrons. The summed E-state index contributed by atoms with van der Waals surface area (Å²) in [6, 6.07) is 3.09. The molecule has 3 N–H and O–H groups in total. The van der Waals surface area contributed by atoms with Crippen molar-refractivity contribution < 1.29 is 19.6 Å². The van der Waals surface area contributed by atoms with Gasteiger partial charge in [0.15, 0.2) is 5.75 Å². The zero-order chi connectivity index (χ0) is 14.8. The minimum absolute atomic E-state index is 0.0496. The normalized spacial score (nSPS) is 13.7. The molecular weight excluding hydrogens is 252 g/mol. The van der Waals surface area contributed by atoms with E-state index in [9.17, 15) is 14.9 Å². The summed E-state index contributed by atoms with van der Waals surface area (Å²) < 4.78 is 5.26. The number of nitrogens with two attached hydrogens (primary N) is 1. The van der Waals surface area contributed by atoms with Crippen molar-refractivity contribution in [1.82, 2.24) is 0 Å². The molecule has 0 saturated heterocycles. The predicted molar refractivity (Wildman–Crippen MR) is 68.3 cm³/mol. The third-order valence-corrected chi connectivity index (χ3v) is 2.60. The molecule has 7 heteroatoms. The second-order valence-corrected chi connectivity index (χ2v) is 4.70. The van der Waals surface area contributed by atoms with Gasteiger partial charge < -0.3 is 15.6 Å². The van der Waals surface area contributed by atoms with Crippen LogP contribution >= 0.6 is 0 Å². The highest BCUT2D eigenvalue weighted by Crippen LogP contribution is 2.32. The number of hydrogen-bond acceptors (Lipinski definition) is 5. The molecule has 1 unspecified atom stereocenters. The third kappa shape index (κ3) is 3.41. The summed E-state index contributed by atoms with van der Waals surface area (Å²) in [6.07, 6.45) is 0. The number of carboxylic acids is 1. The Morgan fingerprint density at radius 3 is 2.58 bits per heavy atom. The minimum Gasteiger partial charge on any atom is -0.484 e. The lowest BCUT2D eigenvalue weighted by Crippen LogP contribution is -2.50. The number of nitro benzene ring substituents is 1. The molecule has 1 aromatic carbocycles. The van der Waals surface area contributed by atoms with E-state index < -0.39 is 16.4 Å². The van der Waals surface area contributed by atoms with E-state index in [0.29, 0.717) is 5.56 Å². The molecule has 1 aromatic rings. The lowest BCUT2D eigenvalue weighted by atomic mass is 10.1. The highest BCUT2D eigenvalue weighted by Gasteiger charge is 2.30. The van der Waals surface area contributed by atoms with E-state index in [4.69, 9.17) is 15.6 Å². The number of nitro groups is 1. The first-order chi connectivity index (χ1) is 8.65. The molecule has 7 nitrogen and oxygen atoms in total. The van der Waals surface area contributed by atoms with Crippen LogP contribution in [-0.2, 0) is 4.79 Å². The summed E-state index contributed by atoms with van der Waals surface area (Å²) in [5.41, 5.74) is 5.01. The topological polar surface area (TPSA) is 116 Å². The van der Waals surface area contributed by atoms with E-state index in [1.54, 1.807) is 19.9 Å². The smallest absolute Gasteiger partial charge is 0.326 e. The van der Waals surface area contributed by atoms with Crippen molar-refractivity contribution in [3.8, 4) is 5.75 Å². The average molecular weight is 268 g/mol. The highest BCUT2D eigenvalue weighted by atomic mass is 16.6. The Balaban J connectivity index is 3.08. The molecule has 1 atom stereocenters. The Morgan fingerprint density at radius 1 is 1.53 bits per heavy atom. The molecule has 0 heterocycles. The van der Waals surface area contributed by atoms with Crippen LogP contribution in [0.4, 0.5) is 5.69 Å². The van der Waals surface area contributed by atoms with Gasteiger partial charge in [0.05, 0.1) is 4.92 Å². The van der Waals surface area contributed by atoms with Gasteiger partial charge in [0, 0.05) is 6.07 Å². The molecule has 0 saturated carbocycles. The van der Waals surface area contributed by atoms with E-state index in [2.05, 4.69) is 0 Å². The van der Waals surface area contributed by atoms with E-state index in [-0.39, 0.29) is 18.0 Å². The van der Waals surface area contributed by atoms with Crippen molar-refractivity contribution in [1.29, 1.82) is 0 Å². The molecule has 0 bridgehead atoms. The zero-order valence-electron chi connectivity index (χ0n) is 11.0. The Morgan fingerprint density at radius 2 is 2.11 bits per heavy atom. The van der Waals surface area contributed by atoms with Crippen LogP contribution in [0.15, 0.2) is 12.1 Å². The number of nitrogens with zero attached hydrogens (tertiary/aromatic N) is 1. The lowest BCUT2D eigenvalue weighted by molar-refractivity contribution is -0.386. The molecule has 19 heavy (non-hydrogen) atoms. The monoisotopic (exact) mass is 268 g/mol. The van der Waals surface area contributed by atoms with Crippen LogP contribution in [0.2, 0.25) is 0 Å². The summed E-state index contributed by atoms with van der Waals surface area (Å²) in [7, 11) is 0. The number of hydrogen-bond donors (Lipinski definition) is 2. The van der Waals surface area contributed by atoms with Gasteiger partial charge in [0.25, 0.3) is 0 Å². The standard InChI is InChI=1S/C12H16N2O5/c1-7-4-8(2)10(9(5-7)14(17)18)19-6-12(3,13)11(15)16/h4-5H,6,13H2,1-3H3,(H,15,16). The van der Waals surface area contributed by atoms with Gasteiger partial charge in [-0.3, -0.25) is 14.9 Å². The number of carboxylic acid groups (broad SMARTS) is 1. The van der Waals surface area contributed by atoms with Gasteiger partial charge in [-0.25, -0.2) is 0 Å². The van der Waals surface area contributed by atoms with Crippen molar-refractivity contribution in [3.05, 3.63) is 33.4 Å². The second-order valence-electron chi connectivity index (χ2n) is 4.70. The maximum Gasteiger partial charge on any atom is 0.326 e. The maximum absolute atomic E-state index is 11.0. The van der Waals surface area contributed by atoms with Gasteiger partial charge in [-0.05, 0) is 31.9 Å². The fraction of sp³-hybridized carbons (Fsp3) is 0.417. The molecule has 0 aromatic heterocycles. The first-order valence-corrected chi connectivity index (χ1v) is 5.56. The first-order valence-electron chi connectivity index (χ1n) is 5.56. The van der Waals surface area contributed by atoms with Crippen molar-refractivity contribution in [3.63, 3.8) is 0 Å². The van der Waals surface area contributed by atoms with E-state index in [0.717, 1.165) is 5.56 Å². The van der Waals surface area contributed by atoms with Crippen LogP contribution in [0.5, 0.6) is 5.75 Å². The van der Waals surface area contributed by atoms with Crippen LogP contribution in [-0.4, -0.2) is 28.1 Å². The Kier molecular flexibility index (Phi) is 4.10. The number of aliphatic carboxylic acids is 1. The largest absolute Gasteiger partial charge is 0.484 e. The van der Waals surface area contributed by atoms with Gasteiger partial charge >= 0.3 is 11.7 Å². The van der Waals surface area contributed by atoms with Crippen LogP contribution in [0.1, 0.15) is 18.1 Å². The van der Waals surface area contributed by atoms with Crippen LogP contribution in [0.25, 0.3) is 0 Å². The summed E-state index contributed by atoms with van der Waals surface area (Å²) in [5, 5.41) is 19.8. The number of ether oxygens (including phenoxy) is 1. The quantitative estimate of drug-likeness (QED) is 0.615. The van der Waals surface area contributed by atoms with E-state index in [1.165, 1.54) is 13.0 Å². The summed E-state index contributed by atoms with van der Waals surface area (Å²) in [5.74, 6) is -1.19. The molecule has 0 spiro atoms. The highest BCUT2D eigenvalue weighted by molar-refractivity contribution is 5.78. The molecule has 0 aliphatic heterocycles. The number of benzene rings is 1. The van der Waals surface area contributed by atoms with Gasteiger partial charge in [-0.15, -0.1) is 0 Å². The molecule has 0 aliphatic carbocycles. The summed E-state index contributed by atoms with van der Waals surface area (Å²) in [4.78, 5) is 21.3. The Hall–Kier alpha value is -2.15. The van der Waals surface area contributed by atoms with Gasteiger partial charge in [0.2, 0.25) is 0 Å². The summed E-state index contributed by atoms with van der Waals surface area (Å²) in [6.45, 7) is 4.32. The van der Waals surface area contributed by atoms with E-state index >= 15 is 0 Å². The number of aryl methyl sites for hydroxylation is 2. The second kappa shape index (κ2) is 5.23. The SMILES string of the molecule is Cc1cc(C)c(OCC(C)(N)C(=O)O)c([N+](=O)[O-])c1. The van der Waals surface area contributed by atoms with Gasteiger partial charge in [0.1, 0.15) is 12.1 Å². The molecule has 0 fully saturated rings. The fourth-order valence-corrected chi connectivity index (χ4v) is 1.54. The van der Waals surface area contributed by atoms with E-state index in [1.807, 2.05) is 0 Å². The van der Waals surface area contributed by atoms with Gasteiger partial charge in [-0.1, -0.05) is 6.07 Å². The van der Waals surface area contributed by atoms with Crippen LogP contribution < -0.4 is 10.5 Å². The molecule has 0 radical (unpaired) electrons. The first kappa shape index (κ1) is 14.9. The lowest BCUT2D eigenvalue weighted by Gasteiger charge is -2.20. The number of rotatable bonds is 5. The molecule has 0 aliphatic rings. The Bertz CT molecular complexity index is 525. The van der Waals surface area contributed by atoms with Gasteiger partial charge in [-0.2, -0.15) is 0 Å². The van der Waals surface area contributed by atoms with Crippen molar-refractivity contribution >= 4 is 11.7 Å². The predicted octanol–water partition coefficient (Wildman–Crippen LogP) is 1.39.